The van der Waals surface area contributed by atoms with Crippen LogP contribution in [-0.4, -0.2) is 22.8 Å². The molecule has 1 aliphatic rings. The van der Waals surface area contributed by atoms with E-state index in [0.29, 0.717) is 21.2 Å². The third-order valence-corrected chi connectivity index (χ3v) is 5.43. The summed E-state index contributed by atoms with van der Waals surface area (Å²) in [6, 6.07) is 15.7. The van der Waals surface area contributed by atoms with Gasteiger partial charge in [-0.2, -0.15) is 0 Å². The highest BCUT2D eigenvalue weighted by Crippen LogP contribution is 2.29. The summed E-state index contributed by atoms with van der Waals surface area (Å²) in [7, 11) is 0. The number of nitro groups is 1. The Kier molecular flexibility index (Phi) is 6.81. The lowest BCUT2D eigenvalue weighted by Gasteiger charge is -2.26. The zero-order valence-electron chi connectivity index (χ0n) is 17.7. The molecule has 1 aliphatic heterocycles. The monoisotopic (exact) mass is 511 g/mol. The van der Waals surface area contributed by atoms with Crippen molar-refractivity contribution in [2.45, 2.75) is 6.61 Å². The van der Waals surface area contributed by atoms with Crippen LogP contribution in [0.1, 0.15) is 11.1 Å². The van der Waals surface area contributed by atoms with Gasteiger partial charge in [-0.3, -0.25) is 25.0 Å². The van der Waals surface area contributed by atoms with Crippen molar-refractivity contribution in [2.24, 2.45) is 0 Å². The molecule has 0 saturated carbocycles. The Morgan fingerprint density at radius 2 is 1.71 bits per heavy atom. The number of anilines is 1. The third-order valence-electron chi connectivity index (χ3n) is 4.96. The molecule has 11 heteroatoms. The van der Waals surface area contributed by atoms with Crippen LogP contribution in [-0.2, 0) is 16.2 Å². The number of urea groups is 1. The SMILES string of the molecule is O=C1NC(=O)N(c2cccc(Cl)c2)C(=O)/C1=C/c1cc(Cl)ccc1OCc1cccc([N+](=O)[O-])c1. The van der Waals surface area contributed by atoms with Crippen molar-refractivity contribution in [3.8, 4) is 5.75 Å². The fourth-order valence-corrected chi connectivity index (χ4v) is 3.71. The molecule has 1 fully saturated rings. The number of carbonyl (C=O) groups is 3. The minimum Gasteiger partial charge on any atom is -0.488 e. The van der Waals surface area contributed by atoms with Gasteiger partial charge in [-0.05, 0) is 48.0 Å². The number of benzene rings is 3. The second kappa shape index (κ2) is 9.96. The minimum absolute atomic E-state index is 0.0211. The van der Waals surface area contributed by atoms with Crippen LogP contribution in [0.15, 0.2) is 72.3 Å². The second-order valence-corrected chi connectivity index (χ2v) is 8.21. The molecule has 0 unspecified atom stereocenters. The maximum Gasteiger partial charge on any atom is 0.335 e. The highest BCUT2D eigenvalue weighted by atomic mass is 35.5. The fraction of sp³-hybridized carbons (Fsp3) is 0.0417. The van der Waals surface area contributed by atoms with Crippen LogP contribution in [0.5, 0.6) is 5.75 Å². The lowest BCUT2D eigenvalue weighted by Crippen LogP contribution is -2.54. The number of ether oxygens (including phenoxy) is 1. The third kappa shape index (κ3) is 5.32. The number of nitrogens with one attached hydrogen (secondary N) is 1. The number of non-ortho nitro benzene ring substituents is 1. The Balaban J connectivity index is 1.66. The lowest BCUT2D eigenvalue weighted by molar-refractivity contribution is -0.384. The average molecular weight is 512 g/mol. The predicted octanol–water partition coefficient (Wildman–Crippen LogP) is 5.15. The van der Waals surface area contributed by atoms with Gasteiger partial charge in [-0.25, -0.2) is 9.69 Å². The highest BCUT2D eigenvalue weighted by molar-refractivity contribution is 6.39. The molecule has 4 rings (SSSR count). The van der Waals surface area contributed by atoms with Crippen LogP contribution in [0, 0.1) is 10.1 Å². The lowest BCUT2D eigenvalue weighted by atomic mass is 10.1. The zero-order chi connectivity index (χ0) is 25.1. The summed E-state index contributed by atoms with van der Waals surface area (Å²) in [4.78, 5) is 49.3. The van der Waals surface area contributed by atoms with Gasteiger partial charge in [0.25, 0.3) is 17.5 Å². The summed E-state index contributed by atoms with van der Waals surface area (Å²) < 4.78 is 5.81. The fourth-order valence-electron chi connectivity index (χ4n) is 3.35. The van der Waals surface area contributed by atoms with E-state index >= 15 is 0 Å². The van der Waals surface area contributed by atoms with Crippen LogP contribution in [0.25, 0.3) is 6.08 Å². The van der Waals surface area contributed by atoms with Crippen LogP contribution in [0.4, 0.5) is 16.2 Å². The highest BCUT2D eigenvalue weighted by Gasteiger charge is 2.37. The van der Waals surface area contributed by atoms with Crippen molar-refractivity contribution in [3.05, 3.63) is 104 Å². The molecule has 9 nitrogen and oxygen atoms in total. The van der Waals surface area contributed by atoms with Crippen molar-refractivity contribution in [3.63, 3.8) is 0 Å². The van der Waals surface area contributed by atoms with E-state index in [9.17, 15) is 24.5 Å². The first-order chi connectivity index (χ1) is 16.7. The van der Waals surface area contributed by atoms with E-state index < -0.39 is 22.8 Å². The molecule has 0 atom stereocenters. The molecule has 176 valence electrons. The minimum atomic E-state index is -0.910. The summed E-state index contributed by atoms with van der Waals surface area (Å²) >= 11 is 12.1. The number of halogens is 2. The first kappa shape index (κ1) is 23.9. The molecule has 1 saturated heterocycles. The molecule has 0 aromatic heterocycles. The number of barbiturate groups is 1. The molecule has 3 aromatic rings. The van der Waals surface area contributed by atoms with Crippen LogP contribution in [0.3, 0.4) is 0 Å². The van der Waals surface area contributed by atoms with E-state index in [1.807, 2.05) is 0 Å². The number of imide groups is 2. The summed E-state index contributed by atoms with van der Waals surface area (Å²) in [5.74, 6) is -1.48. The maximum atomic E-state index is 13.1. The van der Waals surface area contributed by atoms with Gasteiger partial charge >= 0.3 is 6.03 Å². The molecular weight excluding hydrogens is 497 g/mol. The molecule has 35 heavy (non-hydrogen) atoms. The Labute approximate surface area is 208 Å². The van der Waals surface area contributed by atoms with Crippen LogP contribution < -0.4 is 15.0 Å². The number of nitrogens with zero attached hydrogens (tertiary/aromatic N) is 2. The zero-order valence-corrected chi connectivity index (χ0v) is 19.2. The molecule has 1 N–H and O–H groups in total. The molecule has 0 spiro atoms. The summed E-state index contributed by atoms with van der Waals surface area (Å²) in [5.41, 5.74) is 0.609. The molecule has 0 aliphatic carbocycles. The van der Waals surface area contributed by atoms with E-state index in [1.54, 1.807) is 24.3 Å². The predicted molar refractivity (Wildman–Crippen MR) is 129 cm³/mol. The number of hydrogen-bond donors (Lipinski definition) is 1. The molecule has 4 amide bonds. The van der Waals surface area contributed by atoms with Crippen molar-refractivity contribution in [1.29, 1.82) is 0 Å². The molecular formula is C24H15Cl2N3O6. The van der Waals surface area contributed by atoms with Crippen molar-refractivity contribution in [1.82, 2.24) is 5.32 Å². The van der Waals surface area contributed by atoms with Crippen LogP contribution >= 0.6 is 23.2 Å². The normalized spacial score (nSPS) is 14.7. The van der Waals surface area contributed by atoms with Gasteiger partial charge in [0, 0.05) is 27.7 Å². The Hall–Kier alpha value is -4.21. The number of rotatable bonds is 6. The first-order valence-electron chi connectivity index (χ1n) is 10.1. The molecule has 3 aromatic carbocycles. The van der Waals surface area contributed by atoms with E-state index in [2.05, 4.69) is 5.32 Å². The maximum absolute atomic E-state index is 13.1. The van der Waals surface area contributed by atoms with Gasteiger partial charge in [-0.1, -0.05) is 41.4 Å². The van der Waals surface area contributed by atoms with Crippen molar-refractivity contribution >= 4 is 58.5 Å². The Morgan fingerprint density at radius 1 is 0.971 bits per heavy atom. The summed E-state index contributed by atoms with van der Waals surface area (Å²) in [6.45, 7) is -0.0211. The quantitative estimate of drug-likeness (QED) is 0.211. The van der Waals surface area contributed by atoms with Crippen molar-refractivity contribution in [2.75, 3.05) is 4.90 Å². The molecule has 1 heterocycles. The van der Waals surface area contributed by atoms with Crippen molar-refractivity contribution < 1.29 is 24.0 Å². The van der Waals surface area contributed by atoms with Gasteiger partial charge in [0.2, 0.25) is 0 Å². The van der Waals surface area contributed by atoms with Gasteiger partial charge in [-0.15, -0.1) is 0 Å². The Morgan fingerprint density at radius 3 is 2.46 bits per heavy atom. The summed E-state index contributed by atoms with van der Waals surface area (Å²) in [5, 5.41) is 13.8. The van der Waals surface area contributed by atoms with E-state index in [4.69, 9.17) is 27.9 Å². The van der Waals surface area contributed by atoms with E-state index in [0.717, 1.165) is 4.90 Å². The number of nitro benzene ring substituents is 1. The largest absolute Gasteiger partial charge is 0.488 e. The average Bonchev–Trinajstić information content (AvgIpc) is 2.81. The van der Waals surface area contributed by atoms with Crippen LogP contribution in [0.2, 0.25) is 10.0 Å². The molecule has 0 radical (unpaired) electrons. The number of amides is 4. The van der Waals surface area contributed by atoms with Gasteiger partial charge in [0.15, 0.2) is 0 Å². The second-order valence-electron chi connectivity index (χ2n) is 7.34. The van der Waals surface area contributed by atoms with Gasteiger partial charge in [0.05, 0.1) is 10.6 Å². The number of hydrogen-bond acceptors (Lipinski definition) is 6. The number of carbonyl (C=O) groups excluding carboxylic acids is 3. The smallest absolute Gasteiger partial charge is 0.335 e. The van der Waals surface area contributed by atoms with E-state index in [-0.39, 0.29) is 29.3 Å². The first-order valence-corrected chi connectivity index (χ1v) is 10.8. The standard InChI is InChI=1S/C24H15Cl2N3O6/c25-16-4-2-5-18(12-16)28-23(31)20(22(30)27-24(28)32)11-15-10-17(26)7-8-21(15)35-13-14-3-1-6-19(9-14)29(33)34/h1-12H,13H2,(H,27,30,32)/b20-11+. The summed E-state index contributed by atoms with van der Waals surface area (Å²) in [6.07, 6.45) is 1.26. The van der Waals surface area contributed by atoms with Gasteiger partial charge in [0.1, 0.15) is 17.9 Å². The van der Waals surface area contributed by atoms with E-state index in [1.165, 1.54) is 48.5 Å². The molecule has 0 bridgehead atoms. The van der Waals surface area contributed by atoms with Gasteiger partial charge < -0.3 is 4.74 Å². The Bertz CT molecular complexity index is 1410. The topological polar surface area (TPSA) is 119 Å².